The number of benzene rings is 2. The van der Waals surface area contributed by atoms with E-state index in [0.29, 0.717) is 31.5 Å². The van der Waals surface area contributed by atoms with E-state index < -0.39 is 0 Å². The fourth-order valence-electron chi connectivity index (χ4n) is 4.41. The summed E-state index contributed by atoms with van der Waals surface area (Å²) < 4.78 is 0. The van der Waals surface area contributed by atoms with Crippen LogP contribution in [0.25, 0.3) is 0 Å². The van der Waals surface area contributed by atoms with Gasteiger partial charge in [-0.1, -0.05) is 29.8 Å². The number of aryl methyl sites for hydroxylation is 3. The predicted octanol–water partition coefficient (Wildman–Crippen LogP) is 4.31. The van der Waals surface area contributed by atoms with Gasteiger partial charge in [0.05, 0.1) is 5.56 Å². The first-order chi connectivity index (χ1) is 13.5. The van der Waals surface area contributed by atoms with Crippen LogP contribution < -0.4 is 0 Å². The third-order valence-electron chi connectivity index (χ3n) is 6.18. The van der Waals surface area contributed by atoms with Crippen molar-refractivity contribution in [3.8, 4) is 5.75 Å². The molecule has 0 spiro atoms. The summed E-state index contributed by atoms with van der Waals surface area (Å²) in [7, 11) is 0. The van der Waals surface area contributed by atoms with E-state index in [1.807, 2.05) is 37.3 Å². The van der Waals surface area contributed by atoms with E-state index in [2.05, 4.69) is 0 Å². The second-order valence-corrected chi connectivity index (χ2v) is 8.14. The molecule has 1 heterocycles. The van der Waals surface area contributed by atoms with Crippen LogP contribution >= 0.6 is 0 Å². The van der Waals surface area contributed by atoms with Crippen LogP contribution in [0.1, 0.15) is 63.1 Å². The average molecular weight is 377 g/mol. The quantitative estimate of drug-likeness (QED) is 0.811. The van der Waals surface area contributed by atoms with Gasteiger partial charge >= 0.3 is 0 Å². The number of phenols is 1. The zero-order valence-corrected chi connectivity index (χ0v) is 16.4. The van der Waals surface area contributed by atoms with Gasteiger partial charge in [-0.2, -0.15) is 0 Å². The maximum atomic E-state index is 13.0. The van der Waals surface area contributed by atoms with Crippen molar-refractivity contribution in [1.29, 1.82) is 0 Å². The Morgan fingerprint density at radius 3 is 2.21 bits per heavy atom. The summed E-state index contributed by atoms with van der Waals surface area (Å²) in [5, 5.41) is 10.4. The van der Waals surface area contributed by atoms with Crippen LogP contribution in [0, 0.1) is 12.8 Å². The van der Waals surface area contributed by atoms with Crippen LogP contribution in [0.3, 0.4) is 0 Å². The number of amides is 1. The number of fused-ring (bicyclic) bond motifs is 1. The third-order valence-corrected chi connectivity index (χ3v) is 6.18. The molecule has 1 saturated heterocycles. The Morgan fingerprint density at radius 1 is 0.964 bits per heavy atom. The summed E-state index contributed by atoms with van der Waals surface area (Å²) in [6, 6.07) is 11.4. The van der Waals surface area contributed by atoms with Gasteiger partial charge in [-0.05, 0) is 68.7 Å². The molecule has 4 rings (SSSR count). The summed E-state index contributed by atoms with van der Waals surface area (Å²) in [6.07, 6.45) is 5.57. The number of carbonyl (C=O) groups excluding carboxylic acids is 2. The molecular formula is C24H27NO3. The van der Waals surface area contributed by atoms with Gasteiger partial charge in [-0.3, -0.25) is 9.59 Å². The number of nitrogens with zero attached hydrogens (tertiary/aromatic N) is 1. The molecule has 1 aliphatic carbocycles. The van der Waals surface area contributed by atoms with Gasteiger partial charge in [0.2, 0.25) is 0 Å². The molecule has 0 radical (unpaired) electrons. The lowest BCUT2D eigenvalue weighted by molar-refractivity contribution is 0.0647. The van der Waals surface area contributed by atoms with Gasteiger partial charge in [-0.25, -0.2) is 0 Å². The van der Waals surface area contributed by atoms with Crippen LogP contribution in [0.4, 0.5) is 0 Å². The van der Waals surface area contributed by atoms with Crippen LogP contribution in [0.15, 0.2) is 36.4 Å². The fourth-order valence-corrected chi connectivity index (χ4v) is 4.41. The molecule has 2 aromatic carbocycles. The SMILES string of the molecule is Cc1ccc(C(=O)C2CCN(C(=O)c3cc4c(cc3O)CCCC4)CC2)cc1. The van der Waals surface area contributed by atoms with Gasteiger partial charge in [0.25, 0.3) is 5.91 Å². The minimum atomic E-state index is -0.118. The molecule has 2 aliphatic rings. The molecule has 0 aromatic heterocycles. The zero-order chi connectivity index (χ0) is 19.7. The molecule has 146 valence electrons. The lowest BCUT2D eigenvalue weighted by atomic mass is 9.87. The molecule has 2 aromatic rings. The molecule has 1 amide bonds. The number of ketones is 1. The maximum Gasteiger partial charge on any atom is 0.257 e. The Kier molecular flexibility index (Phi) is 5.21. The maximum absolute atomic E-state index is 13.0. The molecule has 0 unspecified atom stereocenters. The van der Waals surface area contributed by atoms with Crippen molar-refractivity contribution in [2.45, 2.75) is 45.4 Å². The first-order valence-corrected chi connectivity index (χ1v) is 10.3. The average Bonchev–Trinajstić information content (AvgIpc) is 2.73. The summed E-state index contributed by atoms with van der Waals surface area (Å²) in [4.78, 5) is 27.5. The zero-order valence-electron chi connectivity index (χ0n) is 16.4. The van der Waals surface area contributed by atoms with Crippen LogP contribution in [-0.4, -0.2) is 34.8 Å². The second-order valence-electron chi connectivity index (χ2n) is 8.14. The van der Waals surface area contributed by atoms with E-state index in [-0.39, 0.29) is 23.4 Å². The van der Waals surface area contributed by atoms with E-state index in [1.165, 1.54) is 11.1 Å². The van der Waals surface area contributed by atoms with E-state index >= 15 is 0 Å². The first kappa shape index (κ1) is 18.7. The number of piperidine rings is 1. The summed E-state index contributed by atoms with van der Waals surface area (Å²) in [6.45, 7) is 3.11. The number of likely N-dealkylation sites (tertiary alicyclic amines) is 1. The third kappa shape index (κ3) is 3.68. The van der Waals surface area contributed by atoms with Gasteiger partial charge in [-0.15, -0.1) is 0 Å². The largest absolute Gasteiger partial charge is 0.507 e. The highest BCUT2D eigenvalue weighted by molar-refractivity contribution is 5.99. The smallest absolute Gasteiger partial charge is 0.257 e. The molecule has 1 N–H and O–H groups in total. The molecule has 1 aliphatic heterocycles. The molecule has 0 bridgehead atoms. The molecule has 1 fully saturated rings. The van der Waals surface area contributed by atoms with Gasteiger partial charge in [0, 0.05) is 24.6 Å². The van der Waals surface area contributed by atoms with Gasteiger partial charge < -0.3 is 10.0 Å². The fraction of sp³-hybridized carbons (Fsp3) is 0.417. The van der Waals surface area contributed by atoms with E-state index in [1.54, 1.807) is 11.0 Å². The number of aromatic hydroxyl groups is 1. The molecule has 4 heteroatoms. The number of Topliss-reactive ketones (excluding diaryl/α,β-unsaturated/α-hetero) is 1. The first-order valence-electron chi connectivity index (χ1n) is 10.3. The molecule has 0 saturated carbocycles. The highest BCUT2D eigenvalue weighted by Crippen LogP contribution is 2.30. The van der Waals surface area contributed by atoms with E-state index in [4.69, 9.17) is 0 Å². The highest BCUT2D eigenvalue weighted by atomic mass is 16.3. The highest BCUT2D eigenvalue weighted by Gasteiger charge is 2.29. The van der Waals surface area contributed by atoms with Gasteiger partial charge in [0.1, 0.15) is 5.75 Å². The van der Waals surface area contributed by atoms with Crippen molar-refractivity contribution in [3.05, 3.63) is 64.2 Å². The summed E-state index contributed by atoms with van der Waals surface area (Å²) in [5.41, 5.74) is 4.66. The van der Waals surface area contributed by atoms with Crippen molar-refractivity contribution >= 4 is 11.7 Å². The van der Waals surface area contributed by atoms with Crippen LogP contribution in [0.5, 0.6) is 5.75 Å². The monoisotopic (exact) mass is 377 g/mol. The lowest BCUT2D eigenvalue weighted by Crippen LogP contribution is -2.40. The van der Waals surface area contributed by atoms with Crippen LogP contribution in [-0.2, 0) is 12.8 Å². The van der Waals surface area contributed by atoms with Crippen molar-refractivity contribution in [2.24, 2.45) is 5.92 Å². The van der Waals surface area contributed by atoms with E-state index in [9.17, 15) is 14.7 Å². The summed E-state index contributed by atoms with van der Waals surface area (Å²) in [5.74, 6) is 0.100. The number of hydrogen-bond acceptors (Lipinski definition) is 3. The number of phenolic OH excluding ortho intramolecular Hbond substituents is 1. The van der Waals surface area contributed by atoms with Crippen molar-refractivity contribution in [2.75, 3.05) is 13.1 Å². The lowest BCUT2D eigenvalue weighted by Gasteiger charge is -2.32. The molecular weight excluding hydrogens is 350 g/mol. The molecule has 28 heavy (non-hydrogen) atoms. The standard InChI is InChI=1S/C24H27NO3/c1-16-6-8-17(9-7-16)23(27)18-10-12-25(13-11-18)24(28)21-14-19-4-2-3-5-20(19)15-22(21)26/h6-9,14-15,18,26H,2-5,10-13H2,1H3. The number of hydrogen-bond donors (Lipinski definition) is 1. The number of carbonyl (C=O) groups is 2. The topological polar surface area (TPSA) is 57.6 Å². The summed E-state index contributed by atoms with van der Waals surface area (Å²) >= 11 is 0. The Balaban J connectivity index is 1.43. The minimum absolute atomic E-state index is 0.0381. The Morgan fingerprint density at radius 2 is 1.57 bits per heavy atom. The molecule has 0 atom stereocenters. The predicted molar refractivity (Wildman–Crippen MR) is 109 cm³/mol. The van der Waals surface area contributed by atoms with Crippen molar-refractivity contribution in [1.82, 2.24) is 4.90 Å². The Bertz CT molecular complexity index is 893. The Hall–Kier alpha value is -2.62. The van der Waals surface area contributed by atoms with E-state index in [0.717, 1.165) is 36.8 Å². The van der Waals surface area contributed by atoms with Crippen LogP contribution in [0.2, 0.25) is 0 Å². The van der Waals surface area contributed by atoms with Gasteiger partial charge in [0.15, 0.2) is 5.78 Å². The minimum Gasteiger partial charge on any atom is -0.507 e. The van der Waals surface area contributed by atoms with Crippen molar-refractivity contribution in [3.63, 3.8) is 0 Å². The second kappa shape index (κ2) is 7.78. The van der Waals surface area contributed by atoms with Crippen molar-refractivity contribution < 1.29 is 14.7 Å². The Labute approximate surface area is 166 Å². The normalized spacial score (nSPS) is 17.2. The molecule has 4 nitrogen and oxygen atoms in total. The number of rotatable bonds is 3.